The number of ether oxygens (including phenoxy) is 4. The summed E-state index contributed by atoms with van der Waals surface area (Å²) in [5.74, 6) is -11.6. The zero-order valence-corrected chi connectivity index (χ0v) is 21.1. The van der Waals surface area contributed by atoms with Crippen LogP contribution in [0, 0.1) is 12.7 Å². The van der Waals surface area contributed by atoms with Crippen LogP contribution in [-0.4, -0.2) is 54.3 Å². The predicted molar refractivity (Wildman–Crippen MR) is 126 cm³/mol. The minimum absolute atomic E-state index is 0.162. The summed E-state index contributed by atoms with van der Waals surface area (Å²) < 4.78 is 112. The summed E-state index contributed by atoms with van der Waals surface area (Å²) in [5, 5.41) is 20.9. The van der Waals surface area contributed by atoms with Gasteiger partial charge in [0.25, 0.3) is 11.8 Å². The molecule has 2 aromatic carbocycles. The first kappa shape index (κ1) is 31.9. The van der Waals surface area contributed by atoms with Crippen molar-refractivity contribution in [1.29, 1.82) is 0 Å². The maximum absolute atomic E-state index is 15.2. The Labute approximate surface area is 232 Å². The van der Waals surface area contributed by atoms with Crippen LogP contribution >= 0.6 is 0 Å². The molecule has 42 heavy (non-hydrogen) atoms. The molecular weight excluding hydrogens is 588 g/mol. The number of halogens is 7. The molecule has 0 saturated carbocycles. The van der Waals surface area contributed by atoms with Gasteiger partial charge in [-0.05, 0) is 42.8 Å². The Balaban J connectivity index is 2.10. The first-order valence-corrected chi connectivity index (χ1v) is 11.1. The number of carbonyl (C=O) groups excluding carboxylic acids is 2. The van der Waals surface area contributed by atoms with Crippen molar-refractivity contribution in [3.63, 3.8) is 0 Å². The summed E-state index contributed by atoms with van der Waals surface area (Å²) in [4.78, 5) is 28.5. The number of aliphatic hydroxyl groups is 2. The van der Waals surface area contributed by atoms with Crippen LogP contribution in [0.25, 0.3) is 0 Å². The summed E-state index contributed by atoms with van der Waals surface area (Å²) in [6.07, 6.45) is -9.54. The first-order chi connectivity index (χ1) is 19.3. The molecule has 0 fully saturated rings. The molecule has 0 saturated heterocycles. The Hall–Kier alpha value is -4.58. The minimum atomic E-state index is -5.28. The molecule has 0 atom stereocenters. The van der Waals surface area contributed by atoms with Gasteiger partial charge in [0.2, 0.25) is 7.85 Å². The van der Waals surface area contributed by atoms with E-state index in [1.807, 2.05) is 0 Å². The summed E-state index contributed by atoms with van der Waals surface area (Å²) in [6, 6.07) is 3.60. The number of benzene rings is 2. The normalized spacial score (nSPS) is 12.0. The fraction of sp³-hybridized carbons (Fsp3) is 0.208. The van der Waals surface area contributed by atoms with Crippen molar-refractivity contribution in [2.75, 3.05) is 12.4 Å². The van der Waals surface area contributed by atoms with Crippen molar-refractivity contribution >= 4 is 25.4 Å². The van der Waals surface area contributed by atoms with E-state index < -0.39 is 70.2 Å². The zero-order chi connectivity index (χ0) is 31.6. The summed E-state index contributed by atoms with van der Waals surface area (Å²) in [7, 11) is 5.98. The van der Waals surface area contributed by atoms with Crippen LogP contribution in [0.2, 0.25) is 0 Å². The third kappa shape index (κ3) is 8.00. The number of pyridine rings is 1. The number of aromatic nitrogens is 1. The van der Waals surface area contributed by atoms with E-state index >= 15 is 4.39 Å². The van der Waals surface area contributed by atoms with Crippen molar-refractivity contribution < 1.29 is 69.5 Å². The highest BCUT2D eigenvalue weighted by atomic mass is 19.4. The van der Waals surface area contributed by atoms with Gasteiger partial charge in [-0.1, -0.05) is 0 Å². The van der Waals surface area contributed by atoms with E-state index in [0.717, 1.165) is 13.3 Å². The molecule has 1 aromatic heterocycles. The number of hydrogen-bond donors (Lipinski definition) is 3. The Bertz CT molecular complexity index is 1510. The second-order valence-corrected chi connectivity index (χ2v) is 8.15. The lowest BCUT2D eigenvalue weighted by atomic mass is 10.1. The monoisotopic (exact) mass is 604 g/mol. The third-order valence-electron chi connectivity index (χ3n) is 5.02. The van der Waals surface area contributed by atoms with Crippen LogP contribution in [0.1, 0.15) is 32.0 Å². The van der Waals surface area contributed by atoms with E-state index in [1.165, 1.54) is 13.0 Å². The zero-order valence-electron chi connectivity index (χ0n) is 21.1. The largest absolute Gasteiger partial charge is 0.573 e. The van der Waals surface area contributed by atoms with Crippen molar-refractivity contribution in [2.24, 2.45) is 0 Å². The van der Waals surface area contributed by atoms with Crippen molar-refractivity contribution in [3.8, 4) is 23.0 Å². The van der Waals surface area contributed by atoms with E-state index in [0.29, 0.717) is 24.3 Å². The summed E-state index contributed by atoms with van der Waals surface area (Å²) in [6.45, 7) is 1.38. The molecule has 3 N–H and O–H groups in total. The van der Waals surface area contributed by atoms with Gasteiger partial charge in [-0.3, -0.25) is 4.79 Å². The van der Waals surface area contributed by atoms with E-state index in [1.54, 1.807) is 0 Å². The fourth-order valence-corrected chi connectivity index (χ4v) is 3.29. The van der Waals surface area contributed by atoms with Gasteiger partial charge in [0.15, 0.2) is 17.3 Å². The van der Waals surface area contributed by atoms with E-state index in [4.69, 9.17) is 12.6 Å². The van der Waals surface area contributed by atoms with Crippen LogP contribution in [-0.2, 0) is 10.9 Å². The number of carbonyl (C=O) groups is 2. The van der Waals surface area contributed by atoms with Crippen LogP contribution < -0.4 is 19.5 Å². The number of methoxy groups -OCH3 is 1. The van der Waals surface area contributed by atoms with E-state index in [9.17, 15) is 46.1 Å². The smallest absolute Gasteiger partial charge is 0.464 e. The van der Waals surface area contributed by atoms with Crippen LogP contribution in [0.5, 0.6) is 23.0 Å². The Morgan fingerprint density at radius 1 is 0.952 bits per heavy atom. The number of nitrogens with one attached hydrogen (secondary N) is 1. The number of amides is 1. The average Bonchev–Trinajstić information content (AvgIpc) is 2.83. The molecular formula is C24H16BF7N2O8. The molecule has 3 aromatic rings. The van der Waals surface area contributed by atoms with E-state index in [2.05, 4.69) is 24.5 Å². The van der Waals surface area contributed by atoms with Gasteiger partial charge in [0, 0.05) is 6.07 Å². The second-order valence-electron chi connectivity index (χ2n) is 8.15. The molecule has 1 amide bonds. The molecule has 18 heteroatoms. The van der Waals surface area contributed by atoms with Gasteiger partial charge < -0.3 is 34.5 Å². The fourth-order valence-electron chi connectivity index (χ4n) is 3.29. The lowest BCUT2D eigenvalue weighted by Gasteiger charge is -2.22. The van der Waals surface area contributed by atoms with Crippen molar-refractivity contribution in [2.45, 2.75) is 25.3 Å². The van der Waals surface area contributed by atoms with Gasteiger partial charge in [-0.15, -0.1) is 13.2 Å². The first-order valence-electron chi connectivity index (χ1n) is 11.1. The standard InChI is InChI=1S/C24H16BF7N2O8/c1-10-7-13(21(36)39-2)33-9-14(10)34-20(35)18-16(6-4-12(19(18)26)22(27,28)29)40-15-5-3-11(41-24(30,31)32)8-17(15)42-23(25,37)38/h3-9,37-38H,1-2H3,(H,34,35). The predicted octanol–water partition coefficient (Wildman–Crippen LogP) is 4.42. The number of hydrogen-bond acceptors (Lipinski definition) is 9. The molecule has 0 aliphatic heterocycles. The molecule has 0 aliphatic carbocycles. The second kappa shape index (κ2) is 11.7. The molecule has 222 valence electrons. The minimum Gasteiger partial charge on any atom is -0.464 e. The molecule has 0 unspecified atom stereocenters. The molecule has 10 nitrogen and oxygen atoms in total. The molecule has 3 rings (SSSR count). The highest BCUT2D eigenvalue weighted by molar-refractivity contribution is 6.12. The van der Waals surface area contributed by atoms with Gasteiger partial charge >= 0.3 is 18.5 Å². The molecule has 2 radical (unpaired) electrons. The van der Waals surface area contributed by atoms with Crippen molar-refractivity contribution in [3.05, 3.63) is 70.8 Å². The summed E-state index contributed by atoms with van der Waals surface area (Å²) in [5.41, 5.74) is -3.41. The van der Waals surface area contributed by atoms with Gasteiger partial charge in [0.05, 0.1) is 24.6 Å². The highest BCUT2D eigenvalue weighted by Gasteiger charge is 2.38. The molecule has 0 bridgehead atoms. The summed E-state index contributed by atoms with van der Waals surface area (Å²) >= 11 is 0. The maximum Gasteiger partial charge on any atom is 0.573 e. The SMILES string of the molecule is [B]C(O)(O)Oc1cc(OC(F)(F)F)ccc1Oc1ccc(C(F)(F)F)c(F)c1C(=O)Nc1cnc(C(=O)OC)cc1C. The van der Waals surface area contributed by atoms with Crippen LogP contribution in [0.3, 0.4) is 0 Å². The van der Waals surface area contributed by atoms with Gasteiger partial charge in [-0.2, -0.15) is 13.2 Å². The Kier molecular flexibility index (Phi) is 8.92. The van der Waals surface area contributed by atoms with E-state index in [-0.39, 0.29) is 23.0 Å². The number of rotatable bonds is 8. The van der Waals surface area contributed by atoms with Gasteiger partial charge in [0.1, 0.15) is 22.8 Å². The number of aryl methyl sites for hydroxylation is 1. The quantitative estimate of drug-likeness (QED) is 0.148. The molecule has 0 aliphatic rings. The molecule has 1 heterocycles. The average molecular weight is 604 g/mol. The topological polar surface area (TPSA) is 136 Å². The molecule has 0 spiro atoms. The van der Waals surface area contributed by atoms with Crippen molar-refractivity contribution in [1.82, 2.24) is 4.98 Å². The highest BCUT2D eigenvalue weighted by Crippen LogP contribution is 2.41. The number of anilines is 1. The van der Waals surface area contributed by atoms with Gasteiger partial charge in [-0.25, -0.2) is 14.2 Å². The van der Waals surface area contributed by atoms with Crippen LogP contribution in [0.4, 0.5) is 36.4 Å². The number of esters is 1. The third-order valence-corrected chi connectivity index (χ3v) is 5.02. The lowest BCUT2D eigenvalue weighted by Crippen LogP contribution is -2.35. The number of nitrogens with zero attached hydrogens (tertiary/aromatic N) is 1. The Morgan fingerprint density at radius 2 is 1.60 bits per heavy atom. The number of alkyl halides is 6. The Morgan fingerprint density at radius 3 is 2.14 bits per heavy atom. The lowest BCUT2D eigenvalue weighted by molar-refractivity contribution is -0.274. The maximum atomic E-state index is 15.2. The van der Waals surface area contributed by atoms with Crippen LogP contribution in [0.15, 0.2) is 42.6 Å².